The highest BCUT2D eigenvalue weighted by Gasteiger charge is 2.32. The molecular formula is C13H26O5S2. The summed E-state index contributed by atoms with van der Waals surface area (Å²) in [5, 5.41) is 0. The lowest BCUT2D eigenvalue weighted by Crippen LogP contribution is -2.24. The largest absolute Gasteiger partial charge is 0.397 e. The topological polar surface area (TPSA) is 72.8 Å². The second kappa shape index (κ2) is 9.25. The molecule has 1 aliphatic rings. The molecule has 0 aliphatic carbocycles. The van der Waals surface area contributed by atoms with E-state index in [0.29, 0.717) is 11.7 Å². The molecule has 0 aromatic carbocycles. The summed E-state index contributed by atoms with van der Waals surface area (Å²) >= 11 is 1.73. The first kappa shape index (κ1) is 18.2. The van der Waals surface area contributed by atoms with Gasteiger partial charge in [0.05, 0.1) is 12.7 Å². The Balaban J connectivity index is 2.37. The highest BCUT2D eigenvalue weighted by atomic mass is 32.3. The van der Waals surface area contributed by atoms with E-state index in [1.807, 2.05) is 0 Å². The number of hydrogen-bond donors (Lipinski definition) is 1. The number of ether oxygens (including phenoxy) is 1. The van der Waals surface area contributed by atoms with Crippen molar-refractivity contribution in [1.82, 2.24) is 0 Å². The zero-order valence-electron chi connectivity index (χ0n) is 12.3. The Bertz CT molecular complexity index is 358. The van der Waals surface area contributed by atoms with Crippen LogP contribution in [0.25, 0.3) is 0 Å². The van der Waals surface area contributed by atoms with Crippen LogP contribution in [0.15, 0.2) is 0 Å². The van der Waals surface area contributed by atoms with Gasteiger partial charge in [-0.3, -0.25) is 4.55 Å². The van der Waals surface area contributed by atoms with Crippen molar-refractivity contribution >= 4 is 22.2 Å². The molecule has 3 atom stereocenters. The smallest absolute Gasteiger partial charge is 0.361 e. The summed E-state index contributed by atoms with van der Waals surface area (Å²) in [5.41, 5.74) is 0.127. The Hall–Kier alpha value is 0.180. The third-order valence-corrected chi connectivity index (χ3v) is 5.22. The second-order valence-corrected chi connectivity index (χ2v) is 7.44. The van der Waals surface area contributed by atoms with Gasteiger partial charge in [-0.15, -0.1) is 11.8 Å². The molecule has 1 saturated heterocycles. The van der Waals surface area contributed by atoms with Gasteiger partial charge in [-0.25, -0.2) is 4.18 Å². The van der Waals surface area contributed by atoms with Crippen molar-refractivity contribution in [3.63, 3.8) is 0 Å². The van der Waals surface area contributed by atoms with Gasteiger partial charge in [-0.05, 0) is 18.8 Å². The van der Waals surface area contributed by atoms with E-state index in [4.69, 9.17) is 9.29 Å². The minimum Gasteiger partial charge on any atom is -0.361 e. The SMILES string of the molecule is CCCCCC(CCC)C1OC(COS(=O)(=O)O)CS1. The summed E-state index contributed by atoms with van der Waals surface area (Å²) in [6.07, 6.45) is 6.84. The summed E-state index contributed by atoms with van der Waals surface area (Å²) in [4.78, 5) is 0. The highest BCUT2D eigenvalue weighted by molar-refractivity contribution is 8.00. The fourth-order valence-corrected chi connectivity index (χ4v) is 4.09. The molecule has 1 aliphatic heterocycles. The van der Waals surface area contributed by atoms with E-state index in [2.05, 4.69) is 18.0 Å². The number of thioether (sulfide) groups is 1. The van der Waals surface area contributed by atoms with E-state index in [0.717, 1.165) is 19.3 Å². The molecule has 1 fully saturated rings. The van der Waals surface area contributed by atoms with Gasteiger partial charge in [0.25, 0.3) is 0 Å². The van der Waals surface area contributed by atoms with Crippen LogP contribution in [0.5, 0.6) is 0 Å². The van der Waals surface area contributed by atoms with Crippen LogP contribution in [0.2, 0.25) is 0 Å². The molecule has 1 N–H and O–H groups in total. The average molecular weight is 326 g/mol. The first-order valence-corrected chi connectivity index (χ1v) is 9.76. The zero-order chi connectivity index (χ0) is 15.0. The van der Waals surface area contributed by atoms with Crippen molar-refractivity contribution in [1.29, 1.82) is 0 Å². The number of rotatable bonds is 10. The molecule has 7 heteroatoms. The van der Waals surface area contributed by atoms with Crippen molar-refractivity contribution in [3.8, 4) is 0 Å². The molecule has 20 heavy (non-hydrogen) atoms. The van der Waals surface area contributed by atoms with Gasteiger partial charge in [0.1, 0.15) is 5.44 Å². The van der Waals surface area contributed by atoms with Crippen molar-refractivity contribution in [3.05, 3.63) is 0 Å². The summed E-state index contributed by atoms with van der Waals surface area (Å²) in [5.74, 6) is 1.24. The van der Waals surface area contributed by atoms with E-state index in [1.54, 1.807) is 11.8 Å². The molecule has 3 unspecified atom stereocenters. The van der Waals surface area contributed by atoms with E-state index in [-0.39, 0.29) is 18.1 Å². The van der Waals surface area contributed by atoms with Crippen LogP contribution in [-0.4, -0.2) is 36.9 Å². The van der Waals surface area contributed by atoms with Gasteiger partial charge in [-0.2, -0.15) is 8.42 Å². The predicted molar refractivity (Wildman–Crippen MR) is 81.2 cm³/mol. The first-order chi connectivity index (χ1) is 9.46. The van der Waals surface area contributed by atoms with Crippen LogP contribution in [0.1, 0.15) is 52.4 Å². The van der Waals surface area contributed by atoms with E-state index in [1.165, 1.54) is 19.3 Å². The van der Waals surface area contributed by atoms with Crippen molar-refractivity contribution < 1.29 is 21.9 Å². The maximum Gasteiger partial charge on any atom is 0.397 e. The molecule has 0 amide bonds. The molecule has 0 spiro atoms. The normalized spacial score (nSPS) is 24.9. The highest BCUT2D eigenvalue weighted by Crippen LogP contribution is 2.35. The summed E-state index contributed by atoms with van der Waals surface area (Å²) in [6, 6.07) is 0. The zero-order valence-corrected chi connectivity index (χ0v) is 13.9. The van der Waals surface area contributed by atoms with Crippen molar-refractivity contribution in [2.75, 3.05) is 12.4 Å². The lowest BCUT2D eigenvalue weighted by atomic mass is 9.97. The molecule has 5 nitrogen and oxygen atoms in total. The molecule has 0 aromatic heterocycles. The average Bonchev–Trinajstić information content (AvgIpc) is 2.83. The van der Waals surface area contributed by atoms with Crippen LogP contribution in [-0.2, 0) is 19.3 Å². The van der Waals surface area contributed by atoms with E-state index >= 15 is 0 Å². The third kappa shape index (κ3) is 7.26. The standard InChI is InChI=1S/C13H26O5S2/c1-3-5-6-8-11(7-4-2)13-18-12(10-19-13)9-17-20(14,15)16/h11-13H,3-10H2,1-2H3,(H,14,15,16). The molecule has 120 valence electrons. The lowest BCUT2D eigenvalue weighted by Gasteiger charge is -2.22. The van der Waals surface area contributed by atoms with Crippen LogP contribution < -0.4 is 0 Å². The van der Waals surface area contributed by atoms with Gasteiger partial charge in [0.2, 0.25) is 0 Å². The van der Waals surface area contributed by atoms with Crippen molar-refractivity contribution in [2.24, 2.45) is 5.92 Å². The molecule has 0 saturated carbocycles. The molecule has 0 radical (unpaired) electrons. The minimum absolute atomic E-state index is 0.101. The number of hydrogen-bond acceptors (Lipinski definition) is 5. The summed E-state index contributed by atoms with van der Waals surface area (Å²) in [6.45, 7) is 4.26. The number of unbranched alkanes of at least 4 members (excludes halogenated alkanes) is 2. The third-order valence-electron chi connectivity index (χ3n) is 3.40. The monoisotopic (exact) mass is 326 g/mol. The molecule has 0 aromatic rings. The second-order valence-electron chi connectivity index (χ2n) is 5.22. The van der Waals surface area contributed by atoms with Crippen LogP contribution in [0, 0.1) is 5.92 Å². The molecular weight excluding hydrogens is 300 g/mol. The fraction of sp³-hybridized carbons (Fsp3) is 1.00. The first-order valence-electron chi connectivity index (χ1n) is 7.35. The van der Waals surface area contributed by atoms with E-state index in [9.17, 15) is 8.42 Å². The van der Waals surface area contributed by atoms with Gasteiger partial charge < -0.3 is 4.74 Å². The predicted octanol–water partition coefficient (Wildman–Crippen LogP) is 3.26. The minimum atomic E-state index is -4.37. The fourth-order valence-electron chi connectivity index (χ4n) is 2.41. The van der Waals surface area contributed by atoms with Crippen molar-refractivity contribution in [2.45, 2.75) is 63.9 Å². The van der Waals surface area contributed by atoms with Gasteiger partial charge in [0.15, 0.2) is 0 Å². The van der Waals surface area contributed by atoms with E-state index < -0.39 is 10.4 Å². The maximum atomic E-state index is 10.6. The van der Waals surface area contributed by atoms with Gasteiger partial charge >= 0.3 is 10.4 Å². The molecule has 0 bridgehead atoms. The maximum absolute atomic E-state index is 10.6. The van der Waals surface area contributed by atoms with Crippen LogP contribution in [0.3, 0.4) is 0 Å². The summed E-state index contributed by atoms with van der Waals surface area (Å²) < 4.78 is 39.9. The Labute approximate surface area is 126 Å². The Morgan fingerprint density at radius 3 is 2.65 bits per heavy atom. The Kier molecular flexibility index (Phi) is 8.43. The lowest BCUT2D eigenvalue weighted by molar-refractivity contribution is 0.00562. The quantitative estimate of drug-likeness (QED) is 0.491. The van der Waals surface area contributed by atoms with Crippen LogP contribution in [0.4, 0.5) is 0 Å². The summed E-state index contributed by atoms with van der Waals surface area (Å²) in [7, 11) is -4.37. The van der Waals surface area contributed by atoms with Gasteiger partial charge in [-0.1, -0.05) is 39.5 Å². The Morgan fingerprint density at radius 1 is 1.30 bits per heavy atom. The Morgan fingerprint density at radius 2 is 2.05 bits per heavy atom. The molecule has 1 heterocycles. The molecule has 1 rings (SSSR count). The van der Waals surface area contributed by atoms with Crippen LogP contribution >= 0.6 is 11.8 Å². The van der Waals surface area contributed by atoms with Gasteiger partial charge in [0, 0.05) is 5.75 Å².